The minimum Gasteiger partial charge on any atom is -0.507 e. The molecule has 0 aromatic heterocycles. The van der Waals surface area contributed by atoms with Crippen LogP contribution in [0.4, 0.5) is 0 Å². The lowest BCUT2D eigenvalue weighted by atomic mass is 10.0. The molecular weight excluding hydrogens is 318 g/mol. The second-order valence-electron chi connectivity index (χ2n) is 5.36. The third kappa shape index (κ3) is 3.17. The highest BCUT2D eigenvalue weighted by Crippen LogP contribution is 2.72. The van der Waals surface area contributed by atoms with E-state index in [-0.39, 0.29) is 19.9 Å². The smallest absolute Gasteiger partial charge is 0.123 e. The molecule has 2 fully saturated rings. The summed E-state index contributed by atoms with van der Waals surface area (Å²) in [5.74, 6) is 0.322. The fraction of sp³-hybridized carbons (Fsp3) is 0.250. The van der Waals surface area contributed by atoms with Gasteiger partial charge in [0.1, 0.15) is 5.75 Å². The molecule has 0 bridgehead atoms. The Kier molecular flexibility index (Phi) is 4.77. The molecule has 2 heterocycles. The maximum atomic E-state index is 9.68. The molecule has 4 rings (SSSR count). The van der Waals surface area contributed by atoms with Crippen molar-refractivity contribution in [3.63, 3.8) is 0 Å². The van der Waals surface area contributed by atoms with Crippen molar-refractivity contribution in [2.75, 3.05) is 19.4 Å². The van der Waals surface area contributed by atoms with Crippen LogP contribution in [-0.2, 0) is 9.56 Å². The van der Waals surface area contributed by atoms with E-state index in [1.807, 2.05) is 42.5 Å². The van der Waals surface area contributed by atoms with Crippen molar-refractivity contribution in [1.82, 2.24) is 0 Å². The number of phenolic OH excluding ortho intramolecular Hbond substituents is 1. The number of aliphatic hydroxyl groups is 1. The van der Waals surface area contributed by atoms with Gasteiger partial charge in [-0.25, -0.2) is 9.56 Å². The van der Waals surface area contributed by atoms with Crippen LogP contribution in [0, 0.1) is 0 Å². The lowest BCUT2D eigenvalue weighted by Crippen LogP contribution is -2.18. The lowest BCUT2D eigenvalue weighted by molar-refractivity contribution is -0.185. The zero-order valence-electron chi connectivity index (χ0n) is 12.0. The van der Waals surface area contributed by atoms with Crippen molar-refractivity contribution in [2.24, 2.45) is 0 Å². The highest BCUT2D eigenvalue weighted by molar-refractivity contribution is 7.63. The van der Waals surface area contributed by atoms with Gasteiger partial charge in [0.05, 0.1) is 26.5 Å². The Labute approximate surface area is 133 Å². The van der Waals surface area contributed by atoms with Crippen LogP contribution < -0.4 is 5.30 Å². The van der Waals surface area contributed by atoms with Crippen LogP contribution in [0.3, 0.4) is 0 Å². The first kappa shape index (κ1) is 15.9. The third-order valence-electron chi connectivity index (χ3n) is 3.78. The summed E-state index contributed by atoms with van der Waals surface area (Å²) in [7, 11) is 2.32. The Morgan fingerprint density at radius 2 is 1.77 bits per heavy atom. The van der Waals surface area contributed by atoms with Crippen molar-refractivity contribution in [2.45, 2.75) is 5.16 Å². The van der Waals surface area contributed by atoms with E-state index in [1.165, 1.54) is 0 Å². The standard InChI is InChI=1S/C12H11OP.C4H7O3P/c13-11-7-3-1-5-9(11)10-6-2-4-8-12(10)14;5-1-4-2-6-7-8(4)3-4/h1-8,13H,14H2;5H,1-3H2. The molecule has 2 aliphatic heterocycles. The summed E-state index contributed by atoms with van der Waals surface area (Å²) in [6.07, 6.45) is 1.04. The first-order chi connectivity index (χ1) is 10.7. The molecule has 0 radical (unpaired) electrons. The number of aliphatic hydroxyl groups excluding tert-OH is 1. The number of aromatic hydroxyl groups is 1. The van der Waals surface area contributed by atoms with E-state index >= 15 is 0 Å². The molecule has 22 heavy (non-hydrogen) atoms. The Bertz CT molecular complexity index is 617. The van der Waals surface area contributed by atoms with Gasteiger partial charge in [0.15, 0.2) is 0 Å². The van der Waals surface area contributed by atoms with E-state index in [4.69, 9.17) is 9.78 Å². The topological polar surface area (TPSA) is 58.9 Å². The number of benzene rings is 2. The molecule has 0 saturated carbocycles. The molecule has 4 nitrogen and oxygen atoms in total. The molecular formula is C16H18O4P2. The van der Waals surface area contributed by atoms with E-state index in [1.54, 1.807) is 6.07 Å². The van der Waals surface area contributed by atoms with E-state index in [9.17, 15) is 5.11 Å². The largest absolute Gasteiger partial charge is 0.507 e. The van der Waals surface area contributed by atoms with Crippen molar-refractivity contribution < 1.29 is 19.8 Å². The van der Waals surface area contributed by atoms with Gasteiger partial charge < -0.3 is 10.2 Å². The van der Waals surface area contributed by atoms with Crippen LogP contribution >= 0.6 is 17.4 Å². The van der Waals surface area contributed by atoms with E-state index in [2.05, 4.69) is 14.1 Å². The molecule has 0 amide bonds. The molecule has 6 heteroatoms. The van der Waals surface area contributed by atoms with Crippen molar-refractivity contribution >= 4 is 22.7 Å². The van der Waals surface area contributed by atoms with Crippen molar-refractivity contribution in [3.05, 3.63) is 48.5 Å². The van der Waals surface area contributed by atoms with Gasteiger partial charge in [-0.1, -0.05) is 42.5 Å². The van der Waals surface area contributed by atoms with Gasteiger partial charge in [-0.3, -0.25) is 0 Å². The van der Waals surface area contributed by atoms with Gasteiger partial charge in [-0.05, 0) is 16.9 Å². The number of hydrogen-bond donors (Lipinski definition) is 2. The molecule has 2 N–H and O–H groups in total. The average molecular weight is 336 g/mol. The molecule has 116 valence electrons. The van der Waals surface area contributed by atoms with Gasteiger partial charge in [-0.2, -0.15) is 0 Å². The van der Waals surface area contributed by atoms with Crippen LogP contribution in [0.25, 0.3) is 11.1 Å². The van der Waals surface area contributed by atoms with E-state index in [0.717, 1.165) is 22.6 Å². The summed E-state index contributed by atoms with van der Waals surface area (Å²) >= 11 is 0. The van der Waals surface area contributed by atoms with Gasteiger partial charge in [0.2, 0.25) is 0 Å². The Morgan fingerprint density at radius 3 is 2.27 bits per heavy atom. The van der Waals surface area contributed by atoms with Crippen LogP contribution in [0.1, 0.15) is 0 Å². The molecule has 2 saturated heterocycles. The number of rotatable bonds is 2. The van der Waals surface area contributed by atoms with Gasteiger partial charge in [0.25, 0.3) is 0 Å². The molecule has 3 unspecified atom stereocenters. The summed E-state index contributed by atoms with van der Waals surface area (Å²) < 4.78 is 4.83. The summed E-state index contributed by atoms with van der Waals surface area (Å²) in [5, 5.41) is 19.6. The first-order valence-electron chi connectivity index (χ1n) is 6.97. The van der Waals surface area contributed by atoms with Gasteiger partial charge >= 0.3 is 0 Å². The molecule has 0 spiro atoms. The van der Waals surface area contributed by atoms with E-state index < -0.39 is 0 Å². The van der Waals surface area contributed by atoms with E-state index in [0.29, 0.717) is 12.4 Å². The van der Waals surface area contributed by atoms with Crippen LogP contribution in [-0.4, -0.2) is 34.7 Å². The minimum absolute atomic E-state index is 0.0787. The normalized spacial score (nSPS) is 25.1. The molecule has 3 atom stereocenters. The fourth-order valence-corrected chi connectivity index (χ4v) is 4.21. The molecule has 2 aliphatic rings. The molecule has 2 aromatic rings. The van der Waals surface area contributed by atoms with Crippen molar-refractivity contribution in [3.8, 4) is 16.9 Å². The first-order valence-corrected chi connectivity index (χ1v) is 8.99. The minimum atomic E-state index is -0.355. The Morgan fingerprint density at radius 1 is 1.09 bits per heavy atom. The summed E-state index contributed by atoms with van der Waals surface area (Å²) in [5.41, 5.74) is 1.92. The fourth-order valence-electron chi connectivity index (χ4n) is 2.27. The predicted molar refractivity (Wildman–Crippen MR) is 91.5 cm³/mol. The quantitative estimate of drug-likeness (QED) is 0.654. The second kappa shape index (κ2) is 6.62. The maximum absolute atomic E-state index is 9.68. The van der Waals surface area contributed by atoms with Crippen LogP contribution in [0.2, 0.25) is 0 Å². The molecule has 2 aromatic carbocycles. The van der Waals surface area contributed by atoms with Crippen LogP contribution in [0.15, 0.2) is 48.5 Å². The monoisotopic (exact) mass is 336 g/mol. The lowest BCUT2D eigenvalue weighted by Gasteiger charge is -2.06. The van der Waals surface area contributed by atoms with Gasteiger partial charge in [0, 0.05) is 11.7 Å². The average Bonchev–Trinajstić information content (AvgIpc) is 3.10. The second-order valence-corrected chi connectivity index (χ2v) is 8.15. The highest BCUT2D eigenvalue weighted by atomic mass is 31.2. The SMILES string of the molecule is OCC12COOP1C2.Oc1ccccc1-c1ccccc1P. The Hall–Kier alpha value is -1.02. The Balaban J connectivity index is 0.000000151. The van der Waals surface area contributed by atoms with Crippen LogP contribution in [0.5, 0.6) is 5.75 Å². The zero-order chi connectivity index (χ0) is 15.6. The number of hydrogen-bond acceptors (Lipinski definition) is 4. The predicted octanol–water partition coefficient (Wildman–Crippen LogP) is 2.65. The summed E-state index contributed by atoms with van der Waals surface area (Å²) in [6, 6.07) is 15.3. The summed E-state index contributed by atoms with van der Waals surface area (Å²) in [4.78, 5) is 4.67. The highest BCUT2D eigenvalue weighted by Gasteiger charge is 2.61. The van der Waals surface area contributed by atoms with Crippen molar-refractivity contribution in [1.29, 1.82) is 0 Å². The number of phenols is 1. The maximum Gasteiger partial charge on any atom is 0.123 e. The third-order valence-corrected chi connectivity index (χ3v) is 6.57. The number of fused-ring (bicyclic) bond motifs is 1. The molecule has 0 aliphatic carbocycles. The summed E-state index contributed by atoms with van der Waals surface area (Å²) in [6.45, 7) is 0.841. The number of para-hydroxylation sites is 1. The zero-order valence-corrected chi connectivity index (χ0v) is 14.0. The van der Waals surface area contributed by atoms with Gasteiger partial charge in [-0.15, -0.1) is 9.24 Å².